The Hall–Kier alpha value is -1.27. The van der Waals surface area contributed by atoms with E-state index in [9.17, 15) is 10.1 Å². The molecule has 0 aromatic heterocycles. The van der Waals surface area contributed by atoms with Crippen LogP contribution in [0.25, 0.3) is 0 Å². The van der Waals surface area contributed by atoms with Gasteiger partial charge >= 0.3 is 0 Å². The number of hydrogen-bond acceptors (Lipinski definition) is 5. The van der Waals surface area contributed by atoms with Gasteiger partial charge in [-0.25, -0.2) is 0 Å². The summed E-state index contributed by atoms with van der Waals surface area (Å²) in [5.74, 6) is 0. The Morgan fingerprint density at radius 1 is 1.56 bits per heavy atom. The third kappa shape index (κ3) is 2.86. The van der Waals surface area contributed by atoms with Crippen LogP contribution in [0.2, 0.25) is 0 Å². The molecule has 0 N–H and O–H groups in total. The maximum atomic E-state index is 10.8. The summed E-state index contributed by atoms with van der Waals surface area (Å²) in [5, 5.41) is 10.8. The molecule has 1 rings (SSSR count). The molecule has 0 aliphatic carbocycles. The van der Waals surface area contributed by atoms with Crippen molar-refractivity contribution in [3.63, 3.8) is 0 Å². The first kappa shape index (κ1) is 12.8. The monoisotopic (exact) mass is 242 g/mol. The summed E-state index contributed by atoms with van der Waals surface area (Å²) in [6.07, 6.45) is 1.87. The number of hydrogen-bond donors (Lipinski definition) is 0. The molecule has 0 spiro atoms. The minimum absolute atomic E-state index is 0.108. The number of nitro groups is 1. The van der Waals surface area contributed by atoms with E-state index < -0.39 is 0 Å². The molecule has 88 valence electrons. The molecule has 5 nitrogen and oxygen atoms in total. The zero-order chi connectivity index (χ0) is 12.1. The van der Waals surface area contributed by atoms with Crippen LogP contribution >= 0.6 is 11.9 Å². The predicted octanol–water partition coefficient (Wildman–Crippen LogP) is 2.46. The molecular weight excluding hydrogens is 228 g/mol. The van der Waals surface area contributed by atoms with Gasteiger partial charge in [0.2, 0.25) is 0 Å². The van der Waals surface area contributed by atoms with Crippen LogP contribution in [0.5, 0.6) is 0 Å². The Labute approximate surface area is 98.7 Å². The highest BCUT2D eigenvalue weighted by atomic mass is 32.2. The Balaban J connectivity index is 3.15. The first-order chi connectivity index (χ1) is 7.60. The number of ether oxygens (including phenoxy) is 1. The molecule has 0 heterocycles. The van der Waals surface area contributed by atoms with E-state index >= 15 is 0 Å². The zero-order valence-electron chi connectivity index (χ0n) is 9.47. The van der Waals surface area contributed by atoms with Gasteiger partial charge in [-0.05, 0) is 17.7 Å². The molecule has 0 bridgehead atoms. The summed E-state index contributed by atoms with van der Waals surface area (Å²) in [5.41, 5.74) is 1.62. The van der Waals surface area contributed by atoms with Crippen molar-refractivity contribution in [1.29, 1.82) is 0 Å². The summed E-state index contributed by atoms with van der Waals surface area (Å²) in [4.78, 5) is 10.5. The van der Waals surface area contributed by atoms with Gasteiger partial charge in [-0.3, -0.25) is 10.1 Å². The molecule has 0 saturated heterocycles. The SMILES string of the molecule is COCc1ccc([N+](=O)[O-])c(N(C)SC)c1. The van der Waals surface area contributed by atoms with Gasteiger partial charge in [-0.15, -0.1) is 0 Å². The second kappa shape index (κ2) is 5.72. The van der Waals surface area contributed by atoms with Crippen molar-refractivity contribution >= 4 is 23.3 Å². The molecule has 1 aromatic rings. The van der Waals surface area contributed by atoms with Gasteiger partial charge in [-0.2, -0.15) is 0 Å². The molecule has 0 unspecified atom stereocenters. The number of rotatable bonds is 5. The third-order valence-corrected chi connectivity index (χ3v) is 2.91. The van der Waals surface area contributed by atoms with E-state index in [0.29, 0.717) is 12.3 Å². The van der Waals surface area contributed by atoms with Gasteiger partial charge in [0.05, 0.1) is 11.5 Å². The van der Waals surface area contributed by atoms with E-state index in [1.54, 1.807) is 30.6 Å². The summed E-state index contributed by atoms with van der Waals surface area (Å²) in [6, 6.07) is 4.99. The Kier molecular flexibility index (Phi) is 4.57. The van der Waals surface area contributed by atoms with E-state index in [0.717, 1.165) is 5.56 Å². The van der Waals surface area contributed by atoms with Crippen LogP contribution in [-0.2, 0) is 11.3 Å². The summed E-state index contributed by atoms with van der Waals surface area (Å²) in [6.45, 7) is 0.452. The highest BCUT2D eigenvalue weighted by molar-refractivity contribution is 7.99. The Morgan fingerprint density at radius 3 is 2.75 bits per heavy atom. The topological polar surface area (TPSA) is 55.6 Å². The van der Waals surface area contributed by atoms with Gasteiger partial charge in [0, 0.05) is 26.5 Å². The number of anilines is 1. The molecule has 0 fully saturated rings. The quantitative estimate of drug-likeness (QED) is 0.451. The number of methoxy groups -OCH3 is 1. The Morgan fingerprint density at radius 2 is 2.25 bits per heavy atom. The first-order valence-corrected chi connectivity index (χ1v) is 5.82. The fraction of sp³-hybridized carbons (Fsp3) is 0.400. The highest BCUT2D eigenvalue weighted by Crippen LogP contribution is 2.31. The zero-order valence-corrected chi connectivity index (χ0v) is 10.3. The van der Waals surface area contributed by atoms with Crippen molar-refractivity contribution in [3.05, 3.63) is 33.9 Å². The van der Waals surface area contributed by atoms with Crippen molar-refractivity contribution in [1.82, 2.24) is 0 Å². The second-order valence-corrected chi connectivity index (χ2v) is 4.11. The molecule has 0 saturated carbocycles. The molecule has 0 aliphatic rings. The van der Waals surface area contributed by atoms with Gasteiger partial charge < -0.3 is 9.04 Å². The number of benzene rings is 1. The maximum absolute atomic E-state index is 10.8. The lowest BCUT2D eigenvalue weighted by Crippen LogP contribution is -2.08. The van der Waals surface area contributed by atoms with Crippen molar-refractivity contribution < 1.29 is 9.66 Å². The van der Waals surface area contributed by atoms with Crippen LogP contribution in [0.3, 0.4) is 0 Å². The van der Waals surface area contributed by atoms with Crippen LogP contribution in [0.15, 0.2) is 18.2 Å². The molecule has 0 aliphatic heterocycles. The van der Waals surface area contributed by atoms with Crippen molar-refractivity contribution in [2.45, 2.75) is 6.61 Å². The molecular formula is C10H14N2O3S. The minimum atomic E-state index is -0.376. The van der Waals surface area contributed by atoms with Gasteiger partial charge in [0.25, 0.3) is 5.69 Å². The Bertz CT molecular complexity index is 384. The maximum Gasteiger partial charge on any atom is 0.293 e. The van der Waals surface area contributed by atoms with E-state index in [1.165, 1.54) is 18.0 Å². The van der Waals surface area contributed by atoms with Crippen molar-refractivity contribution in [3.8, 4) is 0 Å². The summed E-state index contributed by atoms with van der Waals surface area (Å²) >= 11 is 1.42. The van der Waals surface area contributed by atoms with Crippen LogP contribution in [-0.4, -0.2) is 25.3 Å². The molecule has 0 atom stereocenters. The van der Waals surface area contributed by atoms with Crippen LogP contribution in [0.4, 0.5) is 11.4 Å². The van der Waals surface area contributed by atoms with E-state index in [1.807, 2.05) is 6.26 Å². The highest BCUT2D eigenvalue weighted by Gasteiger charge is 2.17. The van der Waals surface area contributed by atoms with E-state index in [2.05, 4.69) is 0 Å². The third-order valence-electron chi connectivity index (χ3n) is 2.16. The predicted molar refractivity (Wildman–Crippen MR) is 65.7 cm³/mol. The first-order valence-electron chi connectivity index (χ1n) is 4.64. The van der Waals surface area contributed by atoms with Crippen LogP contribution in [0.1, 0.15) is 5.56 Å². The fourth-order valence-corrected chi connectivity index (χ4v) is 1.67. The fourth-order valence-electron chi connectivity index (χ4n) is 1.33. The normalized spacial score (nSPS) is 10.2. The van der Waals surface area contributed by atoms with E-state index in [-0.39, 0.29) is 10.6 Å². The van der Waals surface area contributed by atoms with Gasteiger partial charge in [-0.1, -0.05) is 11.9 Å². The molecule has 16 heavy (non-hydrogen) atoms. The smallest absolute Gasteiger partial charge is 0.293 e. The van der Waals surface area contributed by atoms with Gasteiger partial charge in [0.15, 0.2) is 0 Å². The molecule has 0 amide bonds. The summed E-state index contributed by atoms with van der Waals surface area (Å²) in [7, 11) is 3.39. The minimum Gasteiger partial charge on any atom is -0.380 e. The van der Waals surface area contributed by atoms with Crippen LogP contribution < -0.4 is 4.31 Å². The lowest BCUT2D eigenvalue weighted by atomic mass is 10.2. The standard InChI is InChI=1S/C10H14N2O3S/c1-11(16-3)10-6-8(7-15-2)4-5-9(10)12(13)14/h4-6H,7H2,1-3H3. The van der Waals surface area contributed by atoms with Crippen molar-refractivity contribution in [2.24, 2.45) is 0 Å². The lowest BCUT2D eigenvalue weighted by molar-refractivity contribution is -0.384. The second-order valence-electron chi connectivity index (χ2n) is 3.19. The van der Waals surface area contributed by atoms with Gasteiger partial charge in [0.1, 0.15) is 5.69 Å². The average molecular weight is 242 g/mol. The molecule has 0 radical (unpaired) electrons. The number of nitro benzene ring substituents is 1. The molecule has 6 heteroatoms. The largest absolute Gasteiger partial charge is 0.380 e. The lowest BCUT2D eigenvalue weighted by Gasteiger charge is -2.16. The molecule has 1 aromatic carbocycles. The van der Waals surface area contributed by atoms with E-state index in [4.69, 9.17) is 4.74 Å². The van der Waals surface area contributed by atoms with Crippen LogP contribution in [0, 0.1) is 10.1 Å². The summed E-state index contributed by atoms with van der Waals surface area (Å²) < 4.78 is 6.76. The number of nitrogens with zero attached hydrogens (tertiary/aromatic N) is 2. The average Bonchev–Trinajstić information content (AvgIpc) is 2.28. The van der Waals surface area contributed by atoms with Crippen molar-refractivity contribution in [2.75, 3.05) is 24.7 Å².